The molecule has 2 N–H and O–H groups in total. The van der Waals surface area contributed by atoms with Crippen LogP contribution >= 0.6 is 0 Å². The summed E-state index contributed by atoms with van der Waals surface area (Å²) in [7, 11) is 0. The summed E-state index contributed by atoms with van der Waals surface area (Å²) < 4.78 is 69.8. The molecule has 3 rings (SSSR count). The second-order valence-electron chi connectivity index (χ2n) is 7.85. The molecule has 0 saturated carbocycles. The van der Waals surface area contributed by atoms with Gasteiger partial charge in [-0.1, -0.05) is 20.3 Å². The molecule has 0 aliphatic heterocycles. The molecule has 1 aromatic carbocycles. The quantitative estimate of drug-likeness (QED) is 0.256. The fourth-order valence-corrected chi connectivity index (χ4v) is 3.87. The standard InChI is InChI=1S/C23H25F5N6O/c1-3-5-16(4-2)34-20-8-17(35-23(26,27)28)6-7-18(20)19(11-29)21(34)22-30-12-15(13-31-22)33-32-14(9-24)10-25/h6-8,12-14,16,32-33H,3-5,9-10H2,1-2H3. The van der Waals surface area contributed by atoms with Crippen molar-refractivity contribution in [1.29, 1.82) is 5.26 Å². The molecule has 7 nitrogen and oxygen atoms in total. The summed E-state index contributed by atoms with van der Waals surface area (Å²) in [5, 5.41) is 10.4. The Labute approximate surface area is 198 Å². The second-order valence-corrected chi connectivity index (χ2v) is 7.85. The molecule has 0 aliphatic rings. The van der Waals surface area contributed by atoms with Gasteiger partial charge in [0, 0.05) is 17.5 Å². The van der Waals surface area contributed by atoms with Crippen molar-refractivity contribution in [2.45, 2.75) is 51.6 Å². The number of rotatable bonds is 11. The molecule has 0 amide bonds. The molecule has 35 heavy (non-hydrogen) atoms. The number of nitrogens with one attached hydrogen (secondary N) is 2. The number of anilines is 1. The number of halogens is 5. The van der Waals surface area contributed by atoms with Crippen LogP contribution in [0.15, 0.2) is 30.6 Å². The molecule has 1 unspecified atom stereocenters. The molecule has 3 aromatic rings. The average molecular weight is 496 g/mol. The average Bonchev–Trinajstić information content (AvgIpc) is 3.15. The minimum absolute atomic E-state index is 0.140. The molecule has 188 valence electrons. The summed E-state index contributed by atoms with van der Waals surface area (Å²) >= 11 is 0. The summed E-state index contributed by atoms with van der Waals surface area (Å²) in [5.41, 5.74) is 6.44. The number of nitriles is 1. The third-order valence-corrected chi connectivity index (χ3v) is 5.44. The van der Waals surface area contributed by atoms with Crippen molar-refractivity contribution in [3.05, 3.63) is 36.2 Å². The van der Waals surface area contributed by atoms with Gasteiger partial charge in [-0.2, -0.15) is 5.26 Å². The fourth-order valence-electron chi connectivity index (χ4n) is 3.87. The fraction of sp³-hybridized carbons (Fsp3) is 0.435. The van der Waals surface area contributed by atoms with Crippen molar-refractivity contribution >= 4 is 16.6 Å². The van der Waals surface area contributed by atoms with Crippen LogP contribution in [-0.4, -0.2) is 40.3 Å². The third-order valence-electron chi connectivity index (χ3n) is 5.44. The number of aromatic nitrogens is 3. The van der Waals surface area contributed by atoms with Gasteiger partial charge in [0.15, 0.2) is 5.82 Å². The van der Waals surface area contributed by atoms with E-state index in [0.717, 1.165) is 12.5 Å². The highest BCUT2D eigenvalue weighted by Gasteiger charge is 2.32. The Balaban J connectivity index is 2.13. The summed E-state index contributed by atoms with van der Waals surface area (Å²) in [6, 6.07) is 4.81. The lowest BCUT2D eigenvalue weighted by atomic mass is 10.1. The Morgan fingerprint density at radius 1 is 1.14 bits per heavy atom. The van der Waals surface area contributed by atoms with Crippen LogP contribution in [0.3, 0.4) is 0 Å². The minimum atomic E-state index is -4.86. The van der Waals surface area contributed by atoms with Gasteiger partial charge >= 0.3 is 6.36 Å². The van der Waals surface area contributed by atoms with Gasteiger partial charge in [0.2, 0.25) is 0 Å². The third kappa shape index (κ3) is 5.97. The first-order valence-electron chi connectivity index (χ1n) is 11.1. The normalized spacial score (nSPS) is 12.7. The molecule has 0 aliphatic carbocycles. The van der Waals surface area contributed by atoms with Crippen LogP contribution in [0.2, 0.25) is 0 Å². The molecule has 0 bridgehead atoms. The lowest BCUT2D eigenvalue weighted by Crippen LogP contribution is -2.37. The molecule has 12 heteroatoms. The number of hydrogen-bond acceptors (Lipinski definition) is 6. The van der Waals surface area contributed by atoms with E-state index >= 15 is 0 Å². The lowest BCUT2D eigenvalue weighted by molar-refractivity contribution is -0.274. The van der Waals surface area contributed by atoms with Gasteiger partial charge < -0.3 is 14.7 Å². The van der Waals surface area contributed by atoms with E-state index in [9.17, 15) is 27.2 Å². The Hall–Kier alpha value is -3.46. The van der Waals surface area contributed by atoms with E-state index in [1.54, 1.807) is 4.57 Å². The molecule has 0 spiro atoms. The van der Waals surface area contributed by atoms with Crippen molar-refractivity contribution < 1.29 is 26.7 Å². The van der Waals surface area contributed by atoms with Crippen LogP contribution < -0.4 is 15.6 Å². The van der Waals surface area contributed by atoms with E-state index in [1.807, 2.05) is 13.8 Å². The number of ether oxygens (including phenoxy) is 1. The first-order chi connectivity index (χ1) is 16.8. The smallest absolute Gasteiger partial charge is 0.406 e. The monoisotopic (exact) mass is 496 g/mol. The SMILES string of the molecule is CCCC(CC)n1c(-c2ncc(NNC(CF)CF)cn2)c(C#N)c2ccc(OC(F)(F)F)cc21. The number of nitrogens with zero attached hydrogens (tertiary/aromatic N) is 4. The van der Waals surface area contributed by atoms with E-state index in [1.165, 1.54) is 24.5 Å². The maximum absolute atomic E-state index is 12.8. The molecule has 1 atom stereocenters. The number of benzene rings is 1. The van der Waals surface area contributed by atoms with Gasteiger partial charge in [-0.25, -0.2) is 24.2 Å². The molecule has 0 radical (unpaired) electrons. The Morgan fingerprint density at radius 2 is 1.83 bits per heavy atom. The van der Waals surface area contributed by atoms with E-state index in [0.29, 0.717) is 35.1 Å². The molecular weight excluding hydrogens is 471 g/mol. The largest absolute Gasteiger partial charge is 0.573 e. The predicted molar refractivity (Wildman–Crippen MR) is 121 cm³/mol. The Kier molecular flexibility index (Phi) is 8.45. The zero-order valence-corrected chi connectivity index (χ0v) is 19.2. The Morgan fingerprint density at radius 3 is 2.37 bits per heavy atom. The van der Waals surface area contributed by atoms with Gasteiger partial charge in [0.25, 0.3) is 0 Å². The maximum Gasteiger partial charge on any atom is 0.573 e. The van der Waals surface area contributed by atoms with E-state index in [2.05, 4.69) is 31.6 Å². The molecule has 2 heterocycles. The number of fused-ring (bicyclic) bond motifs is 1. The topological polar surface area (TPSA) is 87.8 Å². The molecular formula is C23H25F5N6O. The summed E-state index contributed by atoms with van der Waals surface area (Å²) in [5.74, 6) is -0.211. The van der Waals surface area contributed by atoms with Crippen molar-refractivity contribution in [1.82, 2.24) is 20.0 Å². The highest BCUT2D eigenvalue weighted by Crippen LogP contribution is 2.39. The number of hydrazine groups is 1. The van der Waals surface area contributed by atoms with Crippen LogP contribution in [0.5, 0.6) is 5.75 Å². The summed E-state index contributed by atoms with van der Waals surface area (Å²) in [6.45, 7) is 2.11. The van der Waals surface area contributed by atoms with E-state index < -0.39 is 31.5 Å². The van der Waals surface area contributed by atoms with Crippen LogP contribution in [0, 0.1) is 11.3 Å². The zero-order chi connectivity index (χ0) is 25.6. The molecule has 2 aromatic heterocycles. The Bertz CT molecular complexity index is 1170. The molecule has 0 fully saturated rings. The maximum atomic E-state index is 12.8. The first kappa shape index (κ1) is 26.2. The van der Waals surface area contributed by atoms with E-state index in [4.69, 9.17) is 0 Å². The van der Waals surface area contributed by atoms with Crippen molar-refractivity contribution in [3.8, 4) is 23.3 Å². The zero-order valence-electron chi connectivity index (χ0n) is 19.2. The van der Waals surface area contributed by atoms with Gasteiger partial charge in [-0.05, 0) is 25.0 Å². The van der Waals surface area contributed by atoms with Gasteiger partial charge in [-0.15, -0.1) is 13.2 Å². The van der Waals surface area contributed by atoms with Crippen molar-refractivity contribution in [2.75, 3.05) is 18.8 Å². The van der Waals surface area contributed by atoms with Crippen LogP contribution in [0.4, 0.5) is 27.6 Å². The van der Waals surface area contributed by atoms with E-state index in [-0.39, 0.29) is 17.4 Å². The second kappa shape index (κ2) is 11.3. The number of hydrogen-bond donors (Lipinski definition) is 2. The van der Waals surface area contributed by atoms with Crippen LogP contribution in [0.25, 0.3) is 22.4 Å². The van der Waals surface area contributed by atoms with Crippen LogP contribution in [-0.2, 0) is 0 Å². The van der Waals surface area contributed by atoms with Gasteiger partial charge in [0.1, 0.15) is 30.9 Å². The lowest BCUT2D eigenvalue weighted by Gasteiger charge is -2.21. The number of alkyl halides is 5. The van der Waals surface area contributed by atoms with Crippen molar-refractivity contribution in [2.24, 2.45) is 0 Å². The van der Waals surface area contributed by atoms with Gasteiger partial charge in [-0.3, -0.25) is 0 Å². The molecule has 0 saturated heterocycles. The van der Waals surface area contributed by atoms with Crippen molar-refractivity contribution in [3.63, 3.8) is 0 Å². The predicted octanol–water partition coefficient (Wildman–Crippen LogP) is 5.84. The highest BCUT2D eigenvalue weighted by atomic mass is 19.4. The summed E-state index contributed by atoms with van der Waals surface area (Å²) in [6.07, 6.45) is 0.0634. The first-order valence-corrected chi connectivity index (χ1v) is 11.1. The minimum Gasteiger partial charge on any atom is -0.406 e. The van der Waals surface area contributed by atoms with Gasteiger partial charge in [0.05, 0.1) is 35.2 Å². The summed E-state index contributed by atoms with van der Waals surface area (Å²) in [4.78, 5) is 8.63. The van der Waals surface area contributed by atoms with Crippen LogP contribution in [0.1, 0.15) is 44.7 Å². The highest BCUT2D eigenvalue weighted by molar-refractivity contribution is 5.94.